The van der Waals surface area contributed by atoms with Gasteiger partial charge >= 0.3 is 0 Å². The maximum Gasteiger partial charge on any atom is 0.269 e. The summed E-state index contributed by atoms with van der Waals surface area (Å²) < 4.78 is 5.18. The summed E-state index contributed by atoms with van der Waals surface area (Å²) in [5.41, 5.74) is 8.37. The molecule has 136 valence electrons. The molecule has 0 saturated heterocycles. The third-order valence-corrected chi connectivity index (χ3v) is 5.80. The smallest absolute Gasteiger partial charge is 0.269 e. The SMILES string of the molecule is COc1ccc(-c2ccc3c(N)c(C(=O)Nc4nnc(C)s4)sc3n2)cc1. The molecule has 1 amide bonds. The number of hydrogen-bond donors (Lipinski definition) is 2. The third-order valence-electron chi connectivity index (χ3n) is 3.93. The largest absolute Gasteiger partial charge is 0.497 e. The van der Waals surface area contributed by atoms with Gasteiger partial charge in [-0.15, -0.1) is 21.5 Å². The molecule has 0 unspecified atom stereocenters. The zero-order chi connectivity index (χ0) is 19.0. The standard InChI is InChI=1S/C18H15N5O2S2/c1-9-22-23-18(26-9)21-16(24)15-14(19)12-7-8-13(20-17(12)27-15)10-3-5-11(25-2)6-4-10/h3-8H,19H2,1-2H3,(H,21,23,24). The van der Waals surface area contributed by atoms with Crippen LogP contribution in [0.5, 0.6) is 5.75 Å². The molecule has 0 atom stereocenters. The molecule has 7 nitrogen and oxygen atoms in total. The number of anilines is 2. The Hall–Kier alpha value is -3.04. The van der Waals surface area contributed by atoms with Crippen molar-refractivity contribution >= 4 is 49.6 Å². The maximum absolute atomic E-state index is 12.6. The van der Waals surface area contributed by atoms with Crippen molar-refractivity contribution in [1.82, 2.24) is 15.2 Å². The molecular formula is C18H15N5O2S2. The highest BCUT2D eigenvalue weighted by Crippen LogP contribution is 2.35. The molecule has 3 N–H and O–H groups in total. The van der Waals surface area contributed by atoms with Gasteiger partial charge in [-0.2, -0.15) is 0 Å². The van der Waals surface area contributed by atoms with Gasteiger partial charge in [0, 0.05) is 10.9 Å². The number of pyridine rings is 1. The van der Waals surface area contributed by atoms with E-state index in [9.17, 15) is 4.79 Å². The fourth-order valence-corrected chi connectivity index (χ4v) is 4.17. The zero-order valence-corrected chi connectivity index (χ0v) is 16.1. The van der Waals surface area contributed by atoms with Crippen molar-refractivity contribution in [3.8, 4) is 17.0 Å². The second-order valence-electron chi connectivity index (χ2n) is 5.70. The highest BCUT2D eigenvalue weighted by molar-refractivity contribution is 7.21. The van der Waals surface area contributed by atoms with Crippen LogP contribution in [-0.4, -0.2) is 28.2 Å². The van der Waals surface area contributed by atoms with E-state index in [1.165, 1.54) is 22.7 Å². The van der Waals surface area contributed by atoms with E-state index in [4.69, 9.17) is 10.5 Å². The van der Waals surface area contributed by atoms with E-state index in [-0.39, 0.29) is 5.91 Å². The first-order chi connectivity index (χ1) is 13.0. The highest BCUT2D eigenvalue weighted by Gasteiger charge is 2.19. The minimum absolute atomic E-state index is 0.308. The molecule has 0 radical (unpaired) electrons. The Labute approximate surface area is 162 Å². The Morgan fingerprint density at radius 1 is 1.11 bits per heavy atom. The number of thiophene rings is 1. The summed E-state index contributed by atoms with van der Waals surface area (Å²) in [7, 11) is 1.63. The highest BCUT2D eigenvalue weighted by atomic mass is 32.1. The Bertz CT molecular complexity index is 1130. The lowest BCUT2D eigenvalue weighted by Crippen LogP contribution is -2.11. The first-order valence-corrected chi connectivity index (χ1v) is 9.63. The van der Waals surface area contributed by atoms with E-state index in [0.717, 1.165) is 27.4 Å². The fraction of sp³-hybridized carbons (Fsp3) is 0.111. The molecule has 4 aromatic rings. The van der Waals surface area contributed by atoms with Gasteiger partial charge in [0.2, 0.25) is 5.13 Å². The van der Waals surface area contributed by atoms with Crippen LogP contribution in [0.25, 0.3) is 21.5 Å². The molecule has 27 heavy (non-hydrogen) atoms. The van der Waals surface area contributed by atoms with E-state index in [1.807, 2.05) is 43.3 Å². The van der Waals surface area contributed by atoms with Gasteiger partial charge in [0.25, 0.3) is 5.91 Å². The van der Waals surface area contributed by atoms with E-state index in [2.05, 4.69) is 20.5 Å². The van der Waals surface area contributed by atoms with Crippen molar-refractivity contribution in [2.24, 2.45) is 0 Å². The second-order valence-corrected chi connectivity index (χ2v) is 7.88. The summed E-state index contributed by atoms with van der Waals surface area (Å²) in [5.74, 6) is 0.476. The van der Waals surface area contributed by atoms with Gasteiger partial charge in [-0.1, -0.05) is 11.3 Å². The molecular weight excluding hydrogens is 382 g/mol. The summed E-state index contributed by atoms with van der Waals surface area (Å²) in [6, 6.07) is 11.4. The molecule has 4 rings (SSSR count). The summed E-state index contributed by atoms with van der Waals surface area (Å²) in [5, 5.41) is 12.5. The van der Waals surface area contributed by atoms with Crippen LogP contribution in [0.2, 0.25) is 0 Å². The summed E-state index contributed by atoms with van der Waals surface area (Å²) in [4.78, 5) is 18.3. The van der Waals surface area contributed by atoms with E-state index in [1.54, 1.807) is 7.11 Å². The van der Waals surface area contributed by atoms with Crippen molar-refractivity contribution in [2.45, 2.75) is 6.92 Å². The fourth-order valence-electron chi connectivity index (χ4n) is 2.59. The lowest BCUT2D eigenvalue weighted by Gasteiger charge is -2.03. The molecule has 1 aromatic carbocycles. The number of methoxy groups -OCH3 is 1. The van der Waals surface area contributed by atoms with Gasteiger partial charge in [0.15, 0.2) is 0 Å². The number of nitrogen functional groups attached to an aromatic ring is 1. The number of carbonyl (C=O) groups excluding carboxylic acids is 1. The van der Waals surface area contributed by atoms with Crippen LogP contribution >= 0.6 is 22.7 Å². The Morgan fingerprint density at radius 3 is 2.56 bits per heavy atom. The molecule has 0 aliphatic rings. The Kier molecular flexibility index (Phi) is 4.46. The zero-order valence-electron chi connectivity index (χ0n) is 14.5. The van der Waals surface area contributed by atoms with Crippen LogP contribution in [0.4, 0.5) is 10.8 Å². The van der Waals surface area contributed by atoms with Gasteiger partial charge in [-0.05, 0) is 43.3 Å². The Balaban J connectivity index is 1.67. The van der Waals surface area contributed by atoms with Crippen LogP contribution in [0.1, 0.15) is 14.7 Å². The van der Waals surface area contributed by atoms with Crippen LogP contribution in [0.15, 0.2) is 36.4 Å². The molecule has 0 bridgehead atoms. The number of fused-ring (bicyclic) bond motifs is 1. The number of nitrogens with one attached hydrogen (secondary N) is 1. The number of nitrogens with zero attached hydrogens (tertiary/aromatic N) is 3. The normalized spacial score (nSPS) is 10.9. The van der Waals surface area contributed by atoms with Gasteiger partial charge in [-0.25, -0.2) is 4.98 Å². The molecule has 0 saturated carbocycles. The molecule has 0 aliphatic carbocycles. The number of rotatable bonds is 4. The summed E-state index contributed by atoms with van der Waals surface area (Å²) >= 11 is 2.57. The number of ether oxygens (including phenoxy) is 1. The molecule has 3 aromatic heterocycles. The average Bonchev–Trinajstić information content (AvgIpc) is 3.24. The predicted molar refractivity (Wildman–Crippen MR) is 109 cm³/mol. The maximum atomic E-state index is 12.6. The predicted octanol–water partition coefficient (Wildman–Crippen LogP) is 3.97. The van der Waals surface area contributed by atoms with Gasteiger partial charge < -0.3 is 10.5 Å². The molecule has 9 heteroatoms. The van der Waals surface area contributed by atoms with Crippen LogP contribution < -0.4 is 15.8 Å². The quantitative estimate of drug-likeness (QED) is 0.540. The third kappa shape index (κ3) is 3.34. The van der Waals surface area contributed by atoms with Crippen LogP contribution in [0.3, 0.4) is 0 Å². The monoisotopic (exact) mass is 397 g/mol. The van der Waals surface area contributed by atoms with Gasteiger partial charge in [-0.3, -0.25) is 10.1 Å². The van der Waals surface area contributed by atoms with Crippen LogP contribution in [0, 0.1) is 6.92 Å². The van der Waals surface area contributed by atoms with Crippen molar-refractivity contribution in [1.29, 1.82) is 0 Å². The van der Waals surface area contributed by atoms with Crippen molar-refractivity contribution < 1.29 is 9.53 Å². The van der Waals surface area contributed by atoms with Crippen molar-refractivity contribution in [3.05, 3.63) is 46.3 Å². The molecule has 3 heterocycles. The molecule has 0 fully saturated rings. The van der Waals surface area contributed by atoms with E-state index >= 15 is 0 Å². The van der Waals surface area contributed by atoms with Crippen molar-refractivity contribution in [2.75, 3.05) is 18.2 Å². The number of benzene rings is 1. The molecule has 0 aliphatic heterocycles. The number of hydrogen-bond acceptors (Lipinski definition) is 8. The number of nitrogens with two attached hydrogens (primary N) is 1. The first-order valence-electron chi connectivity index (χ1n) is 8.00. The van der Waals surface area contributed by atoms with Crippen LogP contribution in [-0.2, 0) is 0 Å². The number of amides is 1. The average molecular weight is 397 g/mol. The summed E-state index contributed by atoms with van der Waals surface area (Å²) in [6.45, 7) is 1.83. The van der Waals surface area contributed by atoms with Crippen molar-refractivity contribution in [3.63, 3.8) is 0 Å². The Morgan fingerprint density at radius 2 is 1.89 bits per heavy atom. The number of carbonyl (C=O) groups is 1. The van der Waals surface area contributed by atoms with Gasteiger partial charge in [0.05, 0.1) is 18.5 Å². The van der Waals surface area contributed by atoms with E-state index < -0.39 is 0 Å². The van der Waals surface area contributed by atoms with Gasteiger partial charge in [0.1, 0.15) is 20.5 Å². The lowest BCUT2D eigenvalue weighted by molar-refractivity contribution is 0.103. The first kappa shape index (κ1) is 17.4. The lowest BCUT2D eigenvalue weighted by atomic mass is 10.1. The minimum atomic E-state index is -0.308. The molecule has 0 spiro atoms. The van der Waals surface area contributed by atoms with E-state index in [0.29, 0.717) is 20.5 Å². The minimum Gasteiger partial charge on any atom is -0.497 e. The number of aromatic nitrogens is 3. The topological polar surface area (TPSA) is 103 Å². The summed E-state index contributed by atoms with van der Waals surface area (Å²) in [6.07, 6.45) is 0. The second kappa shape index (κ2) is 6.93. The number of aryl methyl sites for hydroxylation is 1.